The summed E-state index contributed by atoms with van der Waals surface area (Å²) >= 11 is 1.57. The molecule has 2 N–H and O–H groups in total. The lowest BCUT2D eigenvalue weighted by Gasteiger charge is -2.08. The van der Waals surface area contributed by atoms with Crippen LogP contribution in [0.5, 0.6) is 5.75 Å². The SMILES string of the molecule is COc1ccc(C)cc1Sc1ccc(N)cn1. The number of nitrogens with zero attached hydrogens (tertiary/aromatic N) is 1. The topological polar surface area (TPSA) is 48.1 Å². The molecule has 1 aromatic carbocycles. The van der Waals surface area contributed by atoms with Crippen molar-refractivity contribution in [1.29, 1.82) is 0 Å². The van der Waals surface area contributed by atoms with Gasteiger partial charge < -0.3 is 10.5 Å². The van der Waals surface area contributed by atoms with E-state index in [1.54, 1.807) is 25.1 Å². The van der Waals surface area contributed by atoms with E-state index in [4.69, 9.17) is 10.5 Å². The lowest BCUT2D eigenvalue weighted by Crippen LogP contribution is -1.89. The number of nitrogens with two attached hydrogens (primary N) is 1. The summed E-state index contributed by atoms with van der Waals surface area (Å²) in [4.78, 5) is 5.32. The van der Waals surface area contributed by atoms with Crippen molar-refractivity contribution in [3.05, 3.63) is 42.1 Å². The first-order valence-electron chi connectivity index (χ1n) is 5.23. The van der Waals surface area contributed by atoms with Crippen molar-refractivity contribution in [1.82, 2.24) is 4.98 Å². The van der Waals surface area contributed by atoms with Crippen LogP contribution in [-0.2, 0) is 0 Å². The molecule has 0 aliphatic rings. The maximum absolute atomic E-state index is 5.60. The summed E-state index contributed by atoms with van der Waals surface area (Å²) in [5, 5.41) is 0.906. The summed E-state index contributed by atoms with van der Waals surface area (Å²) in [5.41, 5.74) is 7.47. The monoisotopic (exact) mass is 246 g/mol. The Labute approximate surface area is 105 Å². The number of benzene rings is 1. The third-order valence-electron chi connectivity index (χ3n) is 2.29. The van der Waals surface area contributed by atoms with Gasteiger partial charge in [0.25, 0.3) is 0 Å². The maximum Gasteiger partial charge on any atom is 0.132 e. The van der Waals surface area contributed by atoms with E-state index in [0.717, 1.165) is 15.7 Å². The number of methoxy groups -OCH3 is 1. The molecule has 1 heterocycles. The molecule has 1 aromatic heterocycles. The number of aromatic nitrogens is 1. The van der Waals surface area contributed by atoms with Crippen LogP contribution >= 0.6 is 11.8 Å². The average molecular weight is 246 g/mol. The maximum atomic E-state index is 5.60. The molecule has 0 atom stereocenters. The highest BCUT2D eigenvalue weighted by Crippen LogP contribution is 2.34. The second-order valence-corrected chi connectivity index (χ2v) is 4.75. The molecule has 17 heavy (non-hydrogen) atoms. The number of ether oxygens (including phenoxy) is 1. The van der Waals surface area contributed by atoms with Gasteiger partial charge in [0.05, 0.1) is 23.9 Å². The minimum Gasteiger partial charge on any atom is -0.496 e. The Hall–Kier alpha value is -1.68. The van der Waals surface area contributed by atoms with Gasteiger partial charge in [-0.2, -0.15) is 0 Å². The van der Waals surface area contributed by atoms with E-state index in [1.165, 1.54) is 5.56 Å². The number of rotatable bonds is 3. The predicted octanol–water partition coefficient (Wildman–Crippen LogP) is 3.13. The molecule has 0 fully saturated rings. The molecule has 2 aromatic rings. The van der Waals surface area contributed by atoms with Gasteiger partial charge >= 0.3 is 0 Å². The Kier molecular flexibility index (Phi) is 3.54. The number of hydrogen-bond donors (Lipinski definition) is 1. The standard InChI is InChI=1S/C13H14N2OS/c1-9-3-5-11(16-2)12(7-9)17-13-6-4-10(14)8-15-13/h3-8H,14H2,1-2H3. The van der Waals surface area contributed by atoms with Crippen molar-refractivity contribution in [2.75, 3.05) is 12.8 Å². The fraction of sp³-hybridized carbons (Fsp3) is 0.154. The quantitative estimate of drug-likeness (QED) is 0.904. The van der Waals surface area contributed by atoms with Crippen LogP contribution in [0.4, 0.5) is 5.69 Å². The van der Waals surface area contributed by atoms with Crippen molar-refractivity contribution in [3.8, 4) is 5.75 Å². The molecular weight excluding hydrogens is 232 g/mol. The van der Waals surface area contributed by atoms with Gasteiger partial charge in [0.15, 0.2) is 0 Å². The van der Waals surface area contributed by atoms with Crippen LogP contribution in [0.3, 0.4) is 0 Å². The molecule has 0 saturated carbocycles. The van der Waals surface area contributed by atoms with Gasteiger partial charge in [-0.1, -0.05) is 17.8 Å². The van der Waals surface area contributed by atoms with Crippen molar-refractivity contribution >= 4 is 17.4 Å². The summed E-state index contributed by atoms with van der Waals surface area (Å²) < 4.78 is 5.32. The highest BCUT2D eigenvalue weighted by molar-refractivity contribution is 7.99. The van der Waals surface area contributed by atoms with E-state index in [-0.39, 0.29) is 0 Å². The van der Waals surface area contributed by atoms with E-state index in [9.17, 15) is 0 Å². The lowest BCUT2D eigenvalue weighted by atomic mass is 10.2. The lowest BCUT2D eigenvalue weighted by molar-refractivity contribution is 0.404. The molecule has 0 amide bonds. The molecule has 88 valence electrons. The zero-order chi connectivity index (χ0) is 12.3. The Balaban J connectivity index is 2.28. The fourth-order valence-electron chi connectivity index (χ4n) is 1.43. The summed E-state index contributed by atoms with van der Waals surface area (Å²) in [5.74, 6) is 0.860. The Bertz CT molecular complexity index is 511. The third kappa shape index (κ3) is 2.91. The molecule has 0 aliphatic carbocycles. The number of hydrogen-bond acceptors (Lipinski definition) is 4. The van der Waals surface area contributed by atoms with E-state index >= 15 is 0 Å². The van der Waals surface area contributed by atoms with Crippen molar-refractivity contribution < 1.29 is 4.74 Å². The number of nitrogen functional groups attached to an aromatic ring is 1. The first-order valence-corrected chi connectivity index (χ1v) is 6.04. The second-order valence-electron chi connectivity index (χ2n) is 3.69. The van der Waals surface area contributed by atoms with Crippen LogP contribution in [0.1, 0.15) is 5.56 Å². The van der Waals surface area contributed by atoms with E-state index in [2.05, 4.69) is 18.0 Å². The second kappa shape index (κ2) is 5.10. The van der Waals surface area contributed by atoms with E-state index in [0.29, 0.717) is 5.69 Å². The zero-order valence-corrected chi connectivity index (χ0v) is 10.6. The van der Waals surface area contributed by atoms with Gasteiger partial charge in [-0.05, 0) is 36.8 Å². The van der Waals surface area contributed by atoms with Gasteiger partial charge in [-0.15, -0.1) is 0 Å². The molecule has 0 unspecified atom stereocenters. The molecule has 0 saturated heterocycles. The van der Waals surface area contributed by atoms with E-state index in [1.807, 2.05) is 24.3 Å². The molecular formula is C13H14N2OS. The number of aryl methyl sites for hydroxylation is 1. The first kappa shape index (κ1) is 11.8. The molecule has 0 bridgehead atoms. The van der Waals surface area contributed by atoms with Crippen molar-refractivity contribution in [2.45, 2.75) is 16.8 Å². The molecule has 0 spiro atoms. The summed E-state index contributed by atoms with van der Waals surface area (Å²) in [6, 6.07) is 9.83. The number of pyridine rings is 1. The fourth-order valence-corrected chi connectivity index (χ4v) is 2.39. The third-order valence-corrected chi connectivity index (χ3v) is 3.28. The first-order chi connectivity index (χ1) is 8.19. The Morgan fingerprint density at radius 2 is 2.06 bits per heavy atom. The van der Waals surface area contributed by atoms with Gasteiger partial charge in [-0.25, -0.2) is 4.98 Å². The van der Waals surface area contributed by atoms with E-state index < -0.39 is 0 Å². The Morgan fingerprint density at radius 3 is 2.71 bits per heavy atom. The predicted molar refractivity (Wildman–Crippen MR) is 70.5 cm³/mol. The van der Waals surface area contributed by atoms with Gasteiger partial charge in [0.1, 0.15) is 10.8 Å². The highest BCUT2D eigenvalue weighted by atomic mass is 32.2. The molecule has 0 radical (unpaired) electrons. The van der Waals surface area contributed by atoms with Crippen LogP contribution in [0.15, 0.2) is 46.5 Å². The van der Waals surface area contributed by atoms with Gasteiger partial charge in [-0.3, -0.25) is 0 Å². The Morgan fingerprint density at radius 1 is 1.24 bits per heavy atom. The van der Waals surface area contributed by atoms with Crippen molar-refractivity contribution in [3.63, 3.8) is 0 Å². The van der Waals surface area contributed by atoms with Crippen molar-refractivity contribution in [2.24, 2.45) is 0 Å². The largest absolute Gasteiger partial charge is 0.496 e. The summed E-state index contributed by atoms with van der Waals surface area (Å²) in [7, 11) is 1.67. The van der Waals surface area contributed by atoms with Crippen LogP contribution in [-0.4, -0.2) is 12.1 Å². The number of anilines is 1. The minimum absolute atomic E-state index is 0.672. The van der Waals surface area contributed by atoms with Crippen LogP contribution in [0.25, 0.3) is 0 Å². The molecule has 3 nitrogen and oxygen atoms in total. The average Bonchev–Trinajstić information content (AvgIpc) is 2.32. The molecule has 2 rings (SSSR count). The van der Waals surface area contributed by atoms with Crippen LogP contribution in [0, 0.1) is 6.92 Å². The zero-order valence-electron chi connectivity index (χ0n) is 9.81. The van der Waals surface area contributed by atoms with Gasteiger partial charge in [0.2, 0.25) is 0 Å². The summed E-state index contributed by atoms with van der Waals surface area (Å²) in [6.45, 7) is 2.06. The highest BCUT2D eigenvalue weighted by Gasteiger charge is 2.06. The van der Waals surface area contributed by atoms with Crippen LogP contribution in [0.2, 0.25) is 0 Å². The van der Waals surface area contributed by atoms with Crippen LogP contribution < -0.4 is 10.5 Å². The smallest absolute Gasteiger partial charge is 0.132 e. The van der Waals surface area contributed by atoms with Gasteiger partial charge in [0, 0.05) is 0 Å². The molecule has 4 heteroatoms. The molecule has 0 aliphatic heterocycles. The minimum atomic E-state index is 0.672. The normalized spacial score (nSPS) is 10.2. The summed E-state index contributed by atoms with van der Waals surface area (Å²) in [6.07, 6.45) is 1.66.